The molecule has 2 aromatic carbocycles. The molecule has 2 atom stereocenters. The van der Waals surface area contributed by atoms with Crippen LogP contribution in [0.5, 0.6) is 5.75 Å². The summed E-state index contributed by atoms with van der Waals surface area (Å²) in [5.74, 6) is -0.447. The molecule has 3 amide bonds. The van der Waals surface area contributed by atoms with Gasteiger partial charge in [-0.2, -0.15) is 0 Å². The van der Waals surface area contributed by atoms with Crippen molar-refractivity contribution in [1.82, 2.24) is 25.9 Å². The third-order valence-electron chi connectivity index (χ3n) is 6.54. The zero-order valence-corrected chi connectivity index (χ0v) is 23.2. The monoisotopic (exact) mass is 563 g/mol. The summed E-state index contributed by atoms with van der Waals surface area (Å²) >= 11 is 1.41. The number of carbonyl (C=O) groups is 3. The highest BCUT2D eigenvalue weighted by Gasteiger charge is 2.24. The fourth-order valence-corrected chi connectivity index (χ4v) is 5.20. The number of benzene rings is 2. The van der Waals surface area contributed by atoms with E-state index >= 15 is 0 Å². The molecule has 0 saturated heterocycles. The van der Waals surface area contributed by atoms with Gasteiger partial charge in [0.25, 0.3) is 5.91 Å². The lowest BCUT2D eigenvalue weighted by Gasteiger charge is -2.21. The molecule has 1 aliphatic rings. The number of rotatable bonds is 4. The molecule has 0 aliphatic carbocycles. The number of aromatic nitrogens is 2. The summed E-state index contributed by atoms with van der Waals surface area (Å²) in [6.45, 7) is 4.26. The van der Waals surface area contributed by atoms with Crippen LogP contribution in [0.4, 0.5) is 5.95 Å². The number of fused-ring (bicyclic) bond motifs is 5. The van der Waals surface area contributed by atoms with Gasteiger partial charge in [0.05, 0.1) is 11.7 Å². The van der Waals surface area contributed by atoms with Crippen molar-refractivity contribution >= 4 is 35.4 Å². The van der Waals surface area contributed by atoms with Gasteiger partial charge in [0, 0.05) is 30.0 Å². The van der Waals surface area contributed by atoms with Crippen LogP contribution in [0.15, 0.2) is 47.5 Å². The smallest absolute Gasteiger partial charge is 0.251 e. The standard InChI is InChI=1S/C28H33N7O4S/c1-15-11-16(2)20-13-19(15)23-14-24(35-28(30)34-23)40-10-9-32-27(39)22(7-8-31-25(20)37)33-26(38)21(29)12-17-3-5-18(36)6-4-17/h3-6,11,13-14,21-22,36H,7-10,12,29H2,1-2H3,(H,31,37)(H,32,39)(H,33,38)(H2,30,34,35)/t21?,22-/m1/s1. The van der Waals surface area contributed by atoms with Gasteiger partial charge in [-0.3, -0.25) is 14.4 Å². The molecule has 2 heterocycles. The number of phenolic OH excluding ortho intramolecular Hbond substituents is 1. The van der Waals surface area contributed by atoms with Crippen molar-refractivity contribution < 1.29 is 19.5 Å². The number of amides is 3. The van der Waals surface area contributed by atoms with Crippen LogP contribution in [-0.4, -0.2) is 63.7 Å². The molecular formula is C28H33N7O4S. The molecule has 1 aromatic heterocycles. The van der Waals surface area contributed by atoms with E-state index < -0.39 is 18.0 Å². The van der Waals surface area contributed by atoms with Crippen LogP contribution in [0, 0.1) is 13.8 Å². The molecule has 1 aliphatic heterocycles. The molecule has 11 nitrogen and oxygen atoms in total. The molecule has 8 N–H and O–H groups in total. The SMILES string of the molecule is Cc1cc(C)c2cc1C(=O)NCC[C@@H](NC(=O)C(N)Cc1ccc(O)cc1)C(=O)NCCSc1cc-2nc(N)n1. The Hall–Kier alpha value is -4.16. The molecule has 3 aromatic rings. The quantitative estimate of drug-likeness (QED) is 0.256. The Morgan fingerprint density at radius 3 is 2.55 bits per heavy atom. The highest BCUT2D eigenvalue weighted by Crippen LogP contribution is 2.28. The average Bonchev–Trinajstić information content (AvgIpc) is 2.90. The second-order valence-corrected chi connectivity index (χ2v) is 10.8. The fraction of sp³-hybridized carbons (Fsp3) is 0.321. The van der Waals surface area contributed by atoms with Gasteiger partial charge in [-0.15, -0.1) is 11.8 Å². The second-order valence-electron chi connectivity index (χ2n) is 9.65. The molecule has 0 spiro atoms. The van der Waals surface area contributed by atoms with Crippen molar-refractivity contribution in [2.75, 3.05) is 24.6 Å². The number of carbonyl (C=O) groups excluding carboxylic acids is 3. The lowest BCUT2D eigenvalue weighted by atomic mass is 9.97. The van der Waals surface area contributed by atoms with Gasteiger partial charge in [0.2, 0.25) is 17.8 Å². The van der Waals surface area contributed by atoms with Gasteiger partial charge >= 0.3 is 0 Å². The van der Waals surface area contributed by atoms with E-state index in [0.717, 1.165) is 22.3 Å². The Balaban J connectivity index is 1.53. The van der Waals surface area contributed by atoms with Crippen LogP contribution in [0.1, 0.15) is 33.5 Å². The average molecular weight is 564 g/mol. The number of aromatic hydroxyl groups is 1. The number of nitrogens with two attached hydrogens (primary N) is 2. The van der Waals surface area contributed by atoms with Crippen LogP contribution < -0.4 is 27.4 Å². The van der Waals surface area contributed by atoms with E-state index in [1.807, 2.05) is 26.0 Å². The molecule has 40 heavy (non-hydrogen) atoms. The lowest BCUT2D eigenvalue weighted by molar-refractivity contribution is -0.129. The van der Waals surface area contributed by atoms with Crippen molar-refractivity contribution in [3.63, 3.8) is 0 Å². The normalized spacial score (nSPS) is 16.9. The number of thioether (sulfide) groups is 1. The zero-order valence-electron chi connectivity index (χ0n) is 22.4. The first-order chi connectivity index (χ1) is 19.1. The van der Waals surface area contributed by atoms with E-state index in [-0.39, 0.29) is 42.9 Å². The van der Waals surface area contributed by atoms with Gasteiger partial charge in [0.1, 0.15) is 16.8 Å². The number of aryl methyl sites for hydroxylation is 2. The Morgan fingerprint density at radius 2 is 1.80 bits per heavy atom. The number of nitrogens with zero attached hydrogens (tertiary/aromatic N) is 2. The Bertz CT molecular complexity index is 1410. The van der Waals surface area contributed by atoms with Gasteiger partial charge in [-0.1, -0.05) is 18.2 Å². The van der Waals surface area contributed by atoms with E-state index in [1.165, 1.54) is 23.9 Å². The maximum atomic E-state index is 13.1. The number of nitrogen functional groups attached to an aromatic ring is 1. The van der Waals surface area contributed by atoms with Crippen molar-refractivity contribution in [3.8, 4) is 17.0 Å². The molecule has 1 unspecified atom stereocenters. The third kappa shape index (κ3) is 7.27. The van der Waals surface area contributed by atoms with Crippen molar-refractivity contribution in [1.29, 1.82) is 0 Å². The summed E-state index contributed by atoms with van der Waals surface area (Å²) in [5.41, 5.74) is 16.5. The zero-order chi connectivity index (χ0) is 28.8. The van der Waals surface area contributed by atoms with Gasteiger partial charge in [0.15, 0.2) is 0 Å². The summed E-state index contributed by atoms with van der Waals surface area (Å²) in [6.07, 6.45) is 0.395. The Morgan fingerprint density at radius 1 is 1.07 bits per heavy atom. The first-order valence-electron chi connectivity index (χ1n) is 12.9. The highest BCUT2D eigenvalue weighted by atomic mass is 32.2. The molecule has 0 fully saturated rings. The minimum Gasteiger partial charge on any atom is -0.508 e. The molecule has 0 saturated carbocycles. The first-order valence-corrected chi connectivity index (χ1v) is 13.9. The Labute approximate surface area is 236 Å². The van der Waals surface area contributed by atoms with Crippen LogP contribution in [0.2, 0.25) is 0 Å². The predicted molar refractivity (Wildman–Crippen MR) is 154 cm³/mol. The van der Waals surface area contributed by atoms with Crippen LogP contribution in [0.3, 0.4) is 0 Å². The number of anilines is 1. The fourth-order valence-electron chi connectivity index (χ4n) is 4.43. The van der Waals surface area contributed by atoms with Gasteiger partial charge in [-0.25, -0.2) is 9.97 Å². The highest BCUT2D eigenvalue weighted by molar-refractivity contribution is 7.99. The van der Waals surface area contributed by atoms with E-state index in [1.54, 1.807) is 18.2 Å². The van der Waals surface area contributed by atoms with E-state index in [0.29, 0.717) is 28.6 Å². The summed E-state index contributed by atoms with van der Waals surface area (Å²) in [4.78, 5) is 47.8. The maximum Gasteiger partial charge on any atom is 0.251 e. The van der Waals surface area contributed by atoms with Crippen molar-refractivity contribution in [2.24, 2.45) is 5.73 Å². The van der Waals surface area contributed by atoms with Crippen LogP contribution in [0.25, 0.3) is 11.3 Å². The molecular weight excluding hydrogens is 530 g/mol. The van der Waals surface area contributed by atoms with E-state index in [4.69, 9.17) is 11.5 Å². The molecule has 4 rings (SSSR count). The van der Waals surface area contributed by atoms with E-state index in [9.17, 15) is 19.5 Å². The minimum atomic E-state index is -0.910. The summed E-state index contributed by atoms with van der Waals surface area (Å²) in [5, 5.41) is 18.5. The predicted octanol–water partition coefficient (Wildman–Crippen LogP) is 1.44. The molecule has 4 bridgehead atoms. The van der Waals surface area contributed by atoms with Crippen LogP contribution in [-0.2, 0) is 16.0 Å². The topological polar surface area (TPSA) is 185 Å². The van der Waals surface area contributed by atoms with Crippen LogP contribution >= 0.6 is 11.8 Å². The molecule has 12 heteroatoms. The summed E-state index contributed by atoms with van der Waals surface area (Å²) < 4.78 is 0. The third-order valence-corrected chi connectivity index (χ3v) is 7.46. The van der Waals surface area contributed by atoms with Crippen molar-refractivity contribution in [3.05, 3.63) is 64.7 Å². The lowest BCUT2D eigenvalue weighted by Crippen LogP contribution is -2.53. The molecule has 0 radical (unpaired) electrons. The Kier molecular flexibility index (Phi) is 9.22. The van der Waals surface area contributed by atoms with E-state index in [2.05, 4.69) is 25.9 Å². The minimum absolute atomic E-state index is 0.113. The largest absolute Gasteiger partial charge is 0.508 e. The summed E-state index contributed by atoms with van der Waals surface area (Å²) in [7, 11) is 0. The second kappa shape index (κ2) is 12.8. The number of phenols is 1. The number of hydrogen-bond acceptors (Lipinski definition) is 9. The number of hydrogen-bond donors (Lipinski definition) is 6. The van der Waals surface area contributed by atoms with Crippen molar-refractivity contribution in [2.45, 2.75) is 43.8 Å². The maximum absolute atomic E-state index is 13.1. The number of nitrogens with one attached hydrogen (secondary N) is 3. The molecule has 210 valence electrons. The van der Waals surface area contributed by atoms with Gasteiger partial charge < -0.3 is 32.5 Å². The first kappa shape index (κ1) is 28.8. The van der Waals surface area contributed by atoms with Gasteiger partial charge in [-0.05, 0) is 67.6 Å². The summed E-state index contributed by atoms with van der Waals surface area (Å²) in [6, 6.07) is 10.1.